The Morgan fingerprint density at radius 3 is 1.05 bits per heavy atom. The van der Waals surface area contributed by atoms with Crippen LogP contribution < -0.4 is 0 Å². The fraction of sp³-hybridized carbons (Fsp3) is 0.938. The molecular formula is C32H66N2O4+2. The third-order valence-corrected chi connectivity index (χ3v) is 7.69. The lowest BCUT2D eigenvalue weighted by Crippen LogP contribution is -2.43. The van der Waals surface area contributed by atoms with Crippen molar-refractivity contribution in [2.24, 2.45) is 0 Å². The van der Waals surface area contributed by atoms with Crippen molar-refractivity contribution in [2.75, 3.05) is 67.6 Å². The maximum Gasteiger partial charge on any atom is 0.306 e. The van der Waals surface area contributed by atoms with Crippen LogP contribution in [0.4, 0.5) is 0 Å². The first-order chi connectivity index (χ1) is 18.1. The highest BCUT2D eigenvalue weighted by Gasteiger charge is 2.18. The van der Waals surface area contributed by atoms with Crippen molar-refractivity contribution in [1.82, 2.24) is 0 Å². The molecule has 226 valence electrons. The van der Waals surface area contributed by atoms with Crippen molar-refractivity contribution in [3.05, 3.63) is 0 Å². The molecule has 0 heterocycles. The van der Waals surface area contributed by atoms with Gasteiger partial charge in [-0.1, -0.05) is 90.9 Å². The number of likely N-dealkylation sites (N-methyl/N-ethyl adjacent to an activating group) is 2. The van der Waals surface area contributed by atoms with Gasteiger partial charge in [0.25, 0.3) is 0 Å². The monoisotopic (exact) mass is 543 g/mol. The van der Waals surface area contributed by atoms with Crippen molar-refractivity contribution in [3.63, 3.8) is 0 Å². The SMILES string of the molecule is CCCCCCCCCC[N+](C)(C)CCOC(=O)CCC(=O)OCC[N+](C)(C)CCCCCCCCCC. The molecule has 0 aliphatic heterocycles. The highest BCUT2D eigenvalue weighted by Crippen LogP contribution is 2.11. The van der Waals surface area contributed by atoms with E-state index in [4.69, 9.17) is 9.47 Å². The summed E-state index contributed by atoms with van der Waals surface area (Å²) in [6, 6.07) is 0. The van der Waals surface area contributed by atoms with Gasteiger partial charge in [-0.2, -0.15) is 0 Å². The second-order valence-corrected chi connectivity index (χ2v) is 12.7. The molecule has 0 atom stereocenters. The lowest BCUT2D eigenvalue weighted by atomic mass is 10.1. The Balaban J connectivity index is 3.77. The van der Waals surface area contributed by atoms with Gasteiger partial charge in [0.15, 0.2) is 0 Å². The lowest BCUT2D eigenvalue weighted by Gasteiger charge is -2.29. The topological polar surface area (TPSA) is 52.6 Å². The number of unbranched alkanes of at least 4 members (excludes halogenated alkanes) is 14. The van der Waals surface area contributed by atoms with Crippen molar-refractivity contribution < 1.29 is 28.0 Å². The molecule has 0 saturated carbocycles. The van der Waals surface area contributed by atoms with Crippen LogP contribution >= 0.6 is 0 Å². The van der Waals surface area contributed by atoms with Gasteiger partial charge in [0.1, 0.15) is 26.3 Å². The zero-order valence-electron chi connectivity index (χ0n) is 26.5. The number of hydrogen-bond donors (Lipinski definition) is 0. The minimum atomic E-state index is -0.306. The van der Waals surface area contributed by atoms with Crippen LogP contribution in [-0.4, -0.2) is 88.5 Å². The quantitative estimate of drug-likeness (QED) is 0.0621. The van der Waals surface area contributed by atoms with Crippen molar-refractivity contribution in [2.45, 2.75) is 129 Å². The molecule has 6 nitrogen and oxygen atoms in total. The summed E-state index contributed by atoms with van der Waals surface area (Å²) >= 11 is 0. The van der Waals surface area contributed by atoms with Crippen LogP contribution in [0.5, 0.6) is 0 Å². The summed E-state index contributed by atoms with van der Waals surface area (Å²) in [6.45, 7) is 9.14. The van der Waals surface area contributed by atoms with E-state index in [1.165, 1.54) is 103 Å². The minimum absolute atomic E-state index is 0.0980. The van der Waals surface area contributed by atoms with Crippen LogP contribution in [0.15, 0.2) is 0 Å². The Labute approximate surface area is 237 Å². The highest BCUT2D eigenvalue weighted by molar-refractivity contribution is 5.77. The molecule has 0 aromatic heterocycles. The van der Waals surface area contributed by atoms with Crippen LogP contribution in [0.2, 0.25) is 0 Å². The Kier molecular flexibility index (Phi) is 23.0. The molecule has 0 saturated heterocycles. The van der Waals surface area contributed by atoms with Crippen molar-refractivity contribution in [1.29, 1.82) is 0 Å². The van der Waals surface area contributed by atoms with E-state index in [1.54, 1.807) is 0 Å². The zero-order chi connectivity index (χ0) is 28.5. The largest absolute Gasteiger partial charge is 0.460 e. The molecule has 0 amide bonds. The standard InChI is InChI=1S/C32H66N2O4/c1-7-9-11-13-15-17-19-21-25-33(3,4)27-29-37-31(35)23-24-32(36)38-30-28-34(5,6)26-22-20-18-16-14-12-10-8-2/h7-30H2,1-6H3/q+2. The molecule has 0 unspecified atom stereocenters. The maximum atomic E-state index is 12.1. The fourth-order valence-corrected chi connectivity index (χ4v) is 4.73. The van der Waals surface area contributed by atoms with Gasteiger partial charge in [-0.05, 0) is 25.7 Å². The molecule has 0 bridgehead atoms. The summed E-state index contributed by atoms with van der Waals surface area (Å²) in [5, 5.41) is 0. The molecule has 0 aliphatic carbocycles. The van der Waals surface area contributed by atoms with Crippen LogP contribution in [0, 0.1) is 0 Å². The number of esters is 2. The van der Waals surface area contributed by atoms with Crippen LogP contribution in [-0.2, 0) is 19.1 Å². The van der Waals surface area contributed by atoms with Gasteiger partial charge < -0.3 is 18.4 Å². The van der Waals surface area contributed by atoms with E-state index in [0.29, 0.717) is 13.2 Å². The summed E-state index contributed by atoms with van der Waals surface area (Å²) in [5.41, 5.74) is 0. The predicted molar refractivity (Wildman–Crippen MR) is 160 cm³/mol. The van der Waals surface area contributed by atoms with E-state index in [2.05, 4.69) is 42.0 Å². The lowest BCUT2D eigenvalue weighted by molar-refractivity contribution is -0.890. The summed E-state index contributed by atoms with van der Waals surface area (Å²) in [7, 11) is 8.78. The molecule has 38 heavy (non-hydrogen) atoms. The second-order valence-electron chi connectivity index (χ2n) is 12.7. The summed E-state index contributed by atoms with van der Waals surface area (Å²) in [4.78, 5) is 24.2. The number of carbonyl (C=O) groups is 2. The number of nitrogens with zero attached hydrogens (tertiary/aromatic N) is 2. The Hall–Kier alpha value is -1.14. The Bertz CT molecular complexity index is 528. The van der Waals surface area contributed by atoms with Crippen LogP contribution in [0.1, 0.15) is 129 Å². The van der Waals surface area contributed by atoms with Gasteiger partial charge in [-0.3, -0.25) is 9.59 Å². The van der Waals surface area contributed by atoms with Gasteiger partial charge in [0.05, 0.1) is 54.1 Å². The van der Waals surface area contributed by atoms with Crippen LogP contribution in [0.3, 0.4) is 0 Å². The first-order valence-electron chi connectivity index (χ1n) is 16.1. The number of rotatable bonds is 27. The van der Waals surface area contributed by atoms with Crippen molar-refractivity contribution >= 4 is 11.9 Å². The molecule has 0 radical (unpaired) electrons. The molecule has 0 fully saturated rings. The molecule has 6 heteroatoms. The second kappa shape index (κ2) is 23.7. The first-order valence-corrected chi connectivity index (χ1v) is 16.1. The Morgan fingerprint density at radius 2 is 0.737 bits per heavy atom. The minimum Gasteiger partial charge on any atom is -0.460 e. The molecule has 0 rings (SSSR count). The molecule has 0 aliphatic rings. The van der Waals surface area contributed by atoms with Crippen LogP contribution in [0.25, 0.3) is 0 Å². The van der Waals surface area contributed by atoms with E-state index < -0.39 is 0 Å². The number of hydrogen-bond acceptors (Lipinski definition) is 4. The first kappa shape index (κ1) is 36.9. The van der Waals surface area contributed by atoms with E-state index in [-0.39, 0.29) is 24.8 Å². The molecule has 0 aromatic carbocycles. The smallest absolute Gasteiger partial charge is 0.306 e. The third kappa shape index (κ3) is 25.2. The number of carbonyl (C=O) groups excluding carboxylic acids is 2. The number of ether oxygens (including phenoxy) is 2. The number of quaternary nitrogens is 2. The molecular weight excluding hydrogens is 476 g/mol. The summed E-state index contributed by atoms with van der Waals surface area (Å²) < 4.78 is 12.5. The molecule has 0 spiro atoms. The normalized spacial score (nSPS) is 12.1. The zero-order valence-corrected chi connectivity index (χ0v) is 26.5. The predicted octanol–water partition coefficient (Wildman–Crippen LogP) is 7.29. The average Bonchev–Trinajstić information content (AvgIpc) is 2.85. The van der Waals surface area contributed by atoms with Gasteiger partial charge in [-0.15, -0.1) is 0 Å². The van der Waals surface area contributed by atoms with Gasteiger partial charge in [0.2, 0.25) is 0 Å². The van der Waals surface area contributed by atoms with Gasteiger partial charge >= 0.3 is 11.9 Å². The van der Waals surface area contributed by atoms with E-state index in [9.17, 15) is 9.59 Å². The van der Waals surface area contributed by atoms with Crippen molar-refractivity contribution in [3.8, 4) is 0 Å². The summed E-state index contributed by atoms with van der Waals surface area (Å²) in [6.07, 6.45) is 21.4. The average molecular weight is 543 g/mol. The van der Waals surface area contributed by atoms with E-state index >= 15 is 0 Å². The Morgan fingerprint density at radius 1 is 0.447 bits per heavy atom. The van der Waals surface area contributed by atoms with E-state index in [0.717, 1.165) is 35.1 Å². The van der Waals surface area contributed by atoms with Gasteiger partial charge in [0, 0.05) is 0 Å². The van der Waals surface area contributed by atoms with Gasteiger partial charge in [-0.25, -0.2) is 0 Å². The molecule has 0 N–H and O–H groups in total. The maximum absolute atomic E-state index is 12.1. The van der Waals surface area contributed by atoms with E-state index in [1.807, 2.05) is 0 Å². The third-order valence-electron chi connectivity index (χ3n) is 7.69. The summed E-state index contributed by atoms with van der Waals surface area (Å²) in [5.74, 6) is -0.611. The molecule has 0 aromatic rings. The fourth-order valence-electron chi connectivity index (χ4n) is 4.73. The highest BCUT2D eigenvalue weighted by atomic mass is 16.5.